The van der Waals surface area contributed by atoms with Gasteiger partial charge in [0.25, 0.3) is 0 Å². The summed E-state index contributed by atoms with van der Waals surface area (Å²) in [7, 11) is 0. The molecule has 0 aliphatic carbocycles. The molecule has 0 saturated heterocycles. The summed E-state index contributed by atoms with van der Waals surface area (Å²) < 4.78 is 6.79. The summed E-state index contributed by atoms with van der Waals surface area (Å²) in [5, 5.41) is 4.65. The average molecular weight is 590 g/mol. The topological polar surface area (TPSA) is 24.0 Å². The van der Waals surface area contributed by atoms with Gasteiger partial charge in [0.1, 0.15) is 0 Å². The molecule has 4 aromatic carbocycles. The van der Waals surface area contributed by atoms with Gasteiger partial charge in [0.05, 0.1) is 33.1 Å². The van der Waals surface area contributed by atoms with Crippen LogP contribution in [0.2, 0.25) is 0 Å². The zero-order chi connectivity index (χ0) is 31.5. The molecular weight excluding hydrogens is 550 g/mol. The second-order valence-corrected chi connectivity index (χ2v) is 10.5. The van der Waals surface area contributed by atoms with Crippen LogP contribution in [0.5, 0.6) is 0 Å². The normalized spacial score (nSPS) is 12.7. The molecule has 4 nitrogen and oxygen atoms in total. The van der Waals surface area contributed by atoms with Crippen LogP contribution in [-0.2, 0) is 0 Å². The van der Waals surface area contributed by atoms with Crippen molar-refractivity contribution in [2.24, 2.45) is 0 Å². The summed E-state index contributed by atoms with van der Waals surface area (Å²) >= 11 is 0. The van der Waals surface area contributed by atoms with Crippen molar-refractivity contribution >= 4 is 60.3 Å². The molecule has 7 rings (SSSR count). The number of hydrogen-bond acceptors (Lipinski definition) is 1. The maximum absolute atomic E-state index is 6.56. The van der Waals surface area contributed by atoms with E-state index in [2.05, 4.69) is 132 Å². The van der Waals surface area contributed by atoms with Gasteiger partial charge in [0, 0.05) is 32.9 Å². The molecule has 0 aliphatic rings. The molecule has 0 fully saturated rings. The van der Waals surface area contributed by atoms with Crippen molar-refractivity contribution in [3.05, 3.63) is 146 Å². The predicted molar refractivity (Wildman–Crippen MR) is 195 cm³/mol. The lowest BCUT2D eigenvalue weighted by atomic mass is 10.1. The first-order valence-corrected chi connectivity index (χ1v) is 15.7. The molecule has 0 spiro atoms. The van der Waals surface area contributed by atoms with Gasteiger partial charge in [-0.2, -0.15) is 4.73 Å². The molecule has 0 amide bonds. The van der Waals surface area contributed by atoms with Crippen LogP contribution >= 0.6 is 0 Å². The van der Waals surface area contributed by atoms with Crippen molar-refractivity contribution in [3.63, 3.8) is 0 Å². The number of fused-ring (bicyclic) bond motifs is 9. The summed E-state index contributed by atoms with van der Waals surface area (Å²) in [5.41, 5.74) is 8.84. The summed E-state index contributed by atoms with van der Waals surface area (Å²) in [6, 6.07) is 32.3. The SMILES string of the molecule is C=C/C=C(\C=C/C)n1c2ccccc2c2c1c1ccc3c(c4ccccc4n3OC(/C=C\C)=C/C)c1n2-c1ccccc1.CC. The number of para-hydroxylation sites is 3. The molecule has 3 aromatic heterocycles. The van der Waals surface area contributed by atoms with Crippen LogP contribution in [-0.4, -0.2) is 13.9 Å². The Labute approximate surface area is 264 Å². The molecule has 224 valence electrons. The van der Waals surface area contributed by atoms with E-state index in [1.807, 2.05) is 56.7 Å². The van der Waals surface area contributed by atoms with Crippen molar-refractivity contribution in [2.75, 3.05) is 0 Å². The van der Waals surface area contributed by atoms with Gasteiger partial charge >= 0.3 is 0 Å². The van der Waals surface area contributed by atoms with Crippen LogP contribution in [0.1, 0.15) is 34.6 Å². The van der Waals surface area contributed by atoms with Crippen molar-refractivity contribution in [2.45, 2.75) is 34.6 Å². The van der Waals surface area contributed by atoms with Crippen molar-refractivity contribution in [3.8, 4) is 5.69 Å². The molecule has 4 heteroatoms. The summed E-state index contributed by atoms with van der Waals surface area (Å²) in [5.74, 6) is 0.789. The van der Waals surface area contributed by atoms with Crippen molar-refractivity contribution < 1.29 is 4.84 Å². The average Bonchev–Trinajstić information content (AvgIpc) is 3.71. The Morgan fingerprint density at radius 3 is 2.00 bits per heavy atom. The number of allylic oxidation sites excluding steroid dienone is 8. The third kappa shape index (κ3) is 4.70. The van der Waals surface area contributed by atoms with Crippen LogP contribution in [0.4, 0.5) is 0 Å². The first-order chi connectivity index (χ1) is 22.2. The fourth-order valence-electron chi connectivity index (χ4n) is 6.39. The smallest absolute Gasteiger partial charge is 0.151 e. The summed E-state index contributed by atoms with van der Waals surface area (Å²) in [6.07, 6.45) is 14.1. The first kappa shape index (κ1) is 29.6. The highest BCUT2D eigenvalue weighted by molar-refractivity contribution is 6.29. The quantitative estimate of drug-likeness (QED) is 0.134. The van der Waals surface area contributed by atoms with E-state index in [9.17, 15) is 0 Å². The van der Waals surface area contributed by atoms with Gasteiger partial charge in [-0.25, -0.2) is 0 Å². The van der Waals surface area contributed by atoms with Gasteiger partial charge < -0.3 is 14.0 Å². The molecule has 3 heterocycles. The van der Waals surface area contributed by atoms with Crippen LogP contribution in [0.15, 0.2) is 146 Å². The van der Waals surface area contributed by atoms with E-state index in [1.54, 1.807) is 0 Å². The van der Waals surface area contributed by atoms with Crippen molar-refractivity contribution in [1.29, 1.82) is 0 Å². The standard InChI is InChI=1S/C39H33N3O.C2H6/c1-5-16-27(17-6-2)40-33-23-14-13-22-31(33)38-39(40)32-25-26-35-36(37(32)41(38)28-19-10-9-11-20-28)30-21-12-15-24-34(30)42(35)43-29(8-4)18-7-3;1-2/h5-26H,1H2,2-4H3;1-2H3/b17-6-,18-7-,27-16+,29-8+;. The van der Waals surface area contributed by atoms with Crippen LogP contribution < -0.4 is 4.84 Å². The van der Waals surface area contributed by atoms with E-state index in [0.29, 0.717) is 0 Å². The minimum absolute atomic E-state index is 0.789. The van der Waals surface area contributed by atoms with E-state index in [4.69, 9.17) is 4.84 Å². The molecule has 7 aromatic rings. The van der Waals surface area contributed by atoms with Gasteiger partial charge in [-0.15, -0.1) is 0 Å². The van der Waals surface area contributed by atoms with Crippen LogP contribution in [0, 0.1) is 0 Å². The number of aromatic nitrogens is 3. The zero-order valence-corrected chi connectivity index (χ0v) is 26.7. The lowest BCUT2D eigenvalue weighted by Gasteiger charge is -2.12. The third-order valence-electron chi connectivity index (χ3n) is 8.03. The lowest BCUT2D eigenvalue weighted by molar-refractivity contribution is 0.214. The highest BCUT2D eigenvalue weighted by atomic mass is 16.7. The maximum Gasteiger partial charge on any atom is 0.151 e. The van der Waals surface area contributed by atoms with E-state index < -0.39 is 0 Å². The number of rotatable bonds is 7. The Morgan fingerprint density at radius 1 is 0.644 bits per heavy atom. The monoisotopic (exact) mass is 589 g/mol. The highest BCUT2D eigenvalue weighted by Crippen LogP contribution is 2.45. The summed E-state index contributed by atoms with van der Waals surface area (Å²) in [4.78, 5) is 6.56. The first-order valence-electron chi connectivity index (χ1n) is 15.7. The van der Waals surface area contributed by atoms with Gasteiger partial charge in [-0.3, -0.25) is 0 Å². The Hall–Kier alpha value is -5.48. The summed E-state index contributed by atoms with van der Waals surface area (Å²) in [6.45, 7) is 14.1. The third-order valence-corrected chi connectivity index (χ3v) is 8.03. The Bertz CT molecular complexity index is 2300. The van der Waals surface area contributed by atoms with Crippen molar-refractivity contribution in [1.82, 2.24) is 13.9 Å². The fraction of sp³-hybridized carbons (Fsp3) is 0.122. The second kappa shape index (κ2) is 12.6. The number of benzene rings is 4. The van der Waals surface area contributed by atoms with Gasteiger partial charge in [-0.05, 0) is 81.5 Å². The van der Waals surface area contributed by atoms with Crippen LogP contribution in [0.25, 0.3) is 66.0 Å². The largest absolute Gasteiger partial charge is 0.375 e. The molecule has 0 bridgehead atoms. The molecule has 0 saturated carbocycles. The van der Waals surface area contributed by atoms with Gasteiger partial charge in [0.15, 0.2) is 5.76 Å². The molecule has 45 heavy (non-hydrogen) atoms. The maximum atomic E-state index is 6.56. The van der Waals surface area contributed by atoms with Crippen LogP contribution in [0.3, 0.4) is 0 Å². The van der Waals surface area contributed by atoms with Gasteiger partial charge in [-0.1, -0.05) is 93.3 Å². The second-order valence-electron chi connectivity index (χ2n) is 10.5. The Morgan fingerprint density at radius 2 is 1.31 bits per heavy atom. The minimum atomic E-state index is 0.789. The predicted octanol–water partition coefficient (Wildman–Crippen LogP) is 11.4. The van der Waals surface area contributed by atoms with E-state index >= 15 is 0 Å². The fourth-order valence-corrected chi connectivity index (χ4v) is 6.39. The lowest BCUT2D eigenvalue weighted by Crippen LogP contribution is -2.09. The molecule has 0 radical (unpaired) electrons. The Kier molecular flexibility index (Phi) is 8.30. The van der Waals surface area contributed by atoms with E-state index in [0.717, 1.165) is 55.5 Å². The van der Waals surface area contributed by atoms with Gasteiger partial charge in [0.2, 0.25) is 0 Å². The number of nitrogens with zero attached hydrogens (tertiary/aromatic N) is 3. The number of hydrogen-bond donors (Lipinski definition) is 0. The molecule has 0 aliphatic heterocycles. The molecule has 0 atom stereocenters. The highest BCUT2D eigenvalue weighted by Gasteiger charge is 2.26. The molecule has 0 unspecified atom stereocenters. The van der Waals surface area contributed by atoms with E-state index in [1.165, 1.54) is 16.3 Å². The Balaban J connectivity index is 0.00000175. The minimum Gasteiger partial charge on any atom is -0.375 e. The molecule has 0 N–H and O–H groups in total. The zero-order valence-electron chi connectivity index (χ0n) is 26.7. The van der Waals surface area contributed by atoms with E-state index in [-0.39, 0.29) is 0 Å². The molecular formula is C41H39N3O.